The lowest BCUT2D eigenvalue weighted by molar-refractivity contribution is -0.138. The molecule has 2 rings (SSSR count). The Kier molecular flexibility index (Phi) is 4.22. The topological polar surface area (TPSA) is 12.0 Å². The predicted octanol–water partition coefficient (Wildman–Crippen LogP) is 4.07. The van der Waals surface area contributed by atoms with Crippen molar-refractivity contribution in [3.05, 3.63) is 29.3 Å². The molecule has 1 aliphatic carbocycles. The Morgan fingerprint density at radius 1 is 1.33 bits per heavy atom. The van der Waals surface area contributed by atoms with Gasteiger partial charge in [-0.25, -0.2) is 0 Å². The highest BCUT2D eigenvalue weighted by Crippen LogP contribution is 2.35. The molecule has 1 aliphatic rings. The van der Waals surface area contributed by atoms with Crippen molar-refractivity contribution in [2.24, 2.45) is 0 Å². The van der Waals surface area contributed by atoms with E-state index in [1.54, 1.807) is 12.1 Å². The fourth-order valence-electron chi connectivity index (χ4n) is 1.77. The fraction of sp³-hybridized carbons (Fsp3) is 0.538. The molecule has 1 N–H and O–H groups in total. The van der Waals surface area contributed by atoms with E-state index in [4.69, 9.17) is 0 Å². The van der Waals surface area contributed by atoms with Crippen molar-refractivity contribution in [1.29, 1.82) is 0 Å². The number of thioether (sulfide) groups is 1. The third-order valence-corrected chi connectivity index (χ3v) is 3.73. The number of hydrogen-bond donors (Lipinski definition) is 1. The van der Waals surface area contributed by atoms with Gasteiger partial charge in [-0.2, -0.15) is 13.2 Å². The first-order valence-electron chi connectivity index (χ1n) is 6.07. The average molecular weight is 275 g/mol. The van der Waals surface area contributed by atoms with Crippen LogP contribution in [0.15, 0.2) is 23.1 Å². The van der Waals surface area contributed by atoms with Crippen LogP contribution in [0.4, 0.5) is 13.2 Å². The van der Waals surface area contributed by atoms with E-state index in [9.17, 15) is 13.2 Å². The molecule has 0 aliphatic heterocycles. The third kappa shape index (κ3) is 3.65. The maximum absolute atomic E-state index is 13.0. The SMILES string of the molecule is CCSc1ccc(CNC2CC2)c(C(F)(F)F)c1. The van der Waals surface area contributed by atoms with Gasteiger partial charge >= 0.3 is 6.18 Å². The minimum atomic E-state index is -4.27. The maximum Gasteiger partial charge on any atom is 0.416 e. The van der Waals surface area contributed by atoms with Gasteiger partial charge in [-0.15, -0.1) is 11.8 Å². The first-order chi connectivity index (χ1) is 8.50. The van der Waals surface area contributed by atoms with Crippen molar-refractivity contribution in [3.63, 3.8) is 0 Å². The van der Waals surface area contributed by atoms with Crippen molar-refractivity contribution in [3.8, 4) is 0 Å². The Morgan fingerprint density at radius 3 is 2.61 bits per heavy atom. The van der Waals surface area contributed by atoms with Gasteiger partial charge in [0.05, 0.1) is 5.56 Å². The maximum atomic E-state index is 13.0. The van der Waals surface area contributed by atoms with Crippen LogP contribution in [0.1, 0.15) is 30.9 Å². The van der Waals surface area contributed by atoms with Gasteiger partial charge in [0.25, 0.3) is 0 Å². The van der Waals surface area contributed by atoms with E-state index in [1.165, 1.54) is 17.8 Å². The molecule has 1 fully saturated rings. The molecule has 1 aromatic carbocycles. The van der Waals surface area contributed by atoms with Crippen LogP contribution >= 0.6 is 11.8 Å². The first kappa shape index (κ1) is 13.7. The molecule has 1 saturated carbocycles. The molecule has 5 heteroatoms. The summed E-state index contributed by atoms with van der Waals surface area (Å²) in [6, 6.07) is 5.04. The number of halogens is 3. The summed E-state index contributed by atoms with van der Waals surface area (Å²) >= 11 is 1.43. The molecule has 0 atom stereocenters. The zero-order valence-corrected chi connectivity index (χ0v) is 11.0. The van der Waals surface area contributed by atoms with Gasteiger partial charge < -0.3 is 5.32 Å². The van der Waals surface area contributed by atoms with Gasteiger partial charge in [-0.1, -0.05) is 13.0 Å². The summed E-state index contributed by atoms with van der Waals surface area (Å²) in [7, 11) is 0. The fourth-order valence-corrected chi connectivity index (χ4v) is 2.47. The summed E-state index contributed by atoms with van der Waals surface area (Å²) < 4.78 is 38.9. The molecule has 0 radical (unpaired) electrons. The largest absolute Gasteiger partial charge is 0.416 e. The second-order valence-corrected chi connectivity index (χ2v) is 5.74. The van der Waals surface area contributed by atoms with Gasteiger partial charge in [-0.05, 0) is 36.3 Å². The number of nitrogens with one attached hydrogen (secondary N) is 1. The zero-order valence-electron chi connectivity index (χ0n) is 10.2. The zero-order chi connectivity index (χ0) is 13.2. The Hall–Kier alpha value is -0.680. The molecule has 0 spiro atoms. The summed E-state index contributed by atoms with van der Waals surface area (Å²) in [6.07, 6.45) is -2.12. The standard InChI is InChI=1S/C13H16F3NS/c1-2-18-11-6-3-9(8-17-10-4-5-10)12(7-11)13(14,15)16/h3,6-7,10,17H,2,4-5,8H2,1H3. The highest BCUT2D eigenvalue weighted by atomic mass is 32.2. The van der Waals surface area contributed by atoms with Crippen molar-refractivity contribution < 1.29 is 13.2 Å². The molecule has 1 nitrogen and oxygen atoms in total. The molecule has 18 heavy (non-hydrogen) atoms. The van der Waals surface area contributed by atoms with Gasteiger partial charge in [0.1, 0.15) is 0 Å². The highest BCUT2D eigenvalue weighted by Gasteiger charge is 2.34. The van der Waals surface area contributed by atoms with Gasteiger partial charge in [0, 0.05) is 17.5 Å². The quantitative estimate of drug-likeness (QED) is 0.813. The van der Waals surface area contributed by atoms with E-state index in [0.29, 0.717) is 23.0 Å². The summed E-state index contributed by atoms with van der Waals surface area (Å²) in [5.74, 6) is 0.775. The van der Waals surface area contributed by atoms with Crippen molar-refractivity contribution >= 4 is 11.8 Å². The molecule has 0 bridgehead atoms. The molecule has 0 unspecified atom stereocenters. The van der Waals surface area contributed by atoms with Crippen molar-refractivity contribution in [2.75, 3.05) is 5.75 Å². The monoisotopic (exact) mass is 275 g/mol. The normalized spacial score (nSPS) is 16.0. The molecular formula is C13H16F3NS. The minimum Gasteiger partial charge on any atom is -0.310 e. The minimum absolute atomic E-state index is 0.302. The van der Waals surface area contributed by atoms with E-state index in [-0.39, 0.29) is 0 Å². The van der Waals surface area contributed by atoms with Gasteiger partial charge in [0.15, 0.2) is 0 Å². The van der Waals surface area contributed by atoms with Crippen LogP contribution in [0.25, 0.3) is 0 Å². The average Bonchev–Trinajstić information content (AvgIpc) is 3.10. The summed E-state index contributed by atoms with van der Waals surface area (Å²) in [6.45, 7) is 2.23. The van der Waals surface area contributed by atoms with E-state index in [1.807, 2.05) is 6.92 Å². The summed E-state index contributed by atoms with van der Waals surface area (Å²) in [5.41, 5.74) is -0.163. The van der Waals surface area contributed by atoms with E-state index < -0.39 is 11.7 Å². The Labute approximate surface area is 109 Å². The summed E-state index contributed by atoms with van der Waals surface area (Å²) in [5, 5.41) is 3.13. The molecule has 1 aromatic rings. The highest BCUT2D eigenvalue weighted by molar-refractivity contribution is 7.99. The molecule has 0 saturated heterocycles. The molecule has 0 heterocycles. The Balaban J connectivity index is 2.19. The molecular weight excluding hydrogens is 259 g/mol. The van der Waals surface area contributed by atoms with Gasteiger partial charge in [0.2, 0.25) is 0 Å². The lowest BCUT2D eigenvalue weighted by Gasteiger charge is -2.14. The molecule has 100 valence electrons. The van der Waals surface area contributed by atoms with Crippen LogP contribution in [0, 0.1) is 0 Å². The van der Waals surface area contributed by atoms with Crippen LogP contribution in [0.5, 0.6) is 0 Å². The first-order valence-corrected chi connectivity index (χ1v) is 7.05. The van der Waals surface area contributed by atoms with E-state index >= 15 is 0 Å². The Morgan fingerprint density at radius 2 is 2.06 bits per heavy atom. The van der Waals surface area contributed by atoms with Crippen LogP contribution in [-0.2, 0) is 12.7 Å². The van der Waals surface area contributed by atoms with Crippen molar-refractivity contribution in [1.82, 2.24) is 5.32 Å². The Bertz CT molecular complexity index is 413. The van der Waals surface area contributed by atoms with Crippen LogP contribution in [0.2, 0.25) is 0 Å². The summed E-state index contributed by atoms with van der Waals surface area (Å²) in [4.78, 5) is 0.681. The third-order valence-electron chi connectivity index (χ3n) is 2.86. The van der Waals surface area contributed by atoms with E-state index in [2.05, 4.69) is 5.32 Å². The predicted molar refractivity (Wildman–Crippen MR) is 67.7 cm³/mol. The van der Waals surface area contributed by atoms with Gasteiger partial charge in [-0.3, -0.25) is 0 Å². The van der Waals surface area contributed by atoms with Crippen LogP contribution in [-0.4, -0.2) is 11.8 Å². The van der Waals surface area contributed by atoms with Crippen molar-refractivity contribution in [2.45, 2.75) is 43.4 Å². The molecule has 0 amide bonds. The van der Waals surface area contributed by atoms with E-state index in [0.717, 1.165) is 18.6 Å². The number of hydrogen-bond acceptors (Lipinski definition) is 2. The number of benzene rings is 1. The lowest BCUT2D eigenvalue weighted by atomic mass is 10.1. The number of rotatable bonds is 5. The van der Waals surface area contributed by atoms with Crippen LogP contribution in [0.3, 0.4) is 0 Å². The van der Waals surface area contributed by atoms with Crippen LogP contribution < -0.4 is 5.32 Å². The number of alkyl halides is 3. The second-order valence-electron chi connectivity index (χ2n) is 4.40. The smallest absolute Gasteiger partial charge is 0.310 e. The lowest BCUT2D eigenvalue weighted by Crippen LogP contribution is -2.19. The second kappa shape index (κ2) is 5.53. The molecule has 0 aromatic heterocycles.